The zero-order chi connectivity index (χ0) is 11.2. The Balaban J connectivity index is 1.67. The minimum atomic E-state index is -1.000. The van der Waals surface area contributed by atoms with Gasteiger partial charge in [-0.2, -0.15) is 0 Å². The molecule has 5 heteroatoms. The van der Waals surface area contributed by atoms with E-state index in [-0.39, 0.29) is 11.8 Å². The van der Waals surface area contributed by atoms with Crippen LogP contribution >= 0.6 is 0 Å². The third-order valence-electron chi connectivity index (χ3n) is 3.81. The molecule has 4 nitrogen and oxygen atoms in total. The Morgan fingerprint density at radius 1 is 1.38 bits per heavy atom. The number of rotatable bonds is 3. The van der Waals surface area contributed by atoms with E-state index in [1.165, 1.54) is 0 Å². The van der Waals surface area contributed by atoms with Crippen LogP contribution in [0.1, 0.15) is 6.42 Å². The topological polar surface area (TPSA) is 55.0 Å². The number of nitrogens with two attached hydrogens (primary N) is 1. The van der Waals surface area contributed by atoms with Crippen molar-refractivity contribution < 1.29 is 4.39 Å². The number of fused-ring (bicyclic) bond motifs is 1. The van der Waals surface area contributed by atoms with E-state index in [0.29, 0.717) is 18.9 Å². The van der Waals surface area contributed by atoms with E-state index in [2.05, 4.69) is 14.9 Å². The van der Waals surface area contributed by atoms with Crippen molar-refractivity contribution in [3.05, 3.63) is 18.5 Å². The zero-order valence-corrected chi connectivity index (χ0v) is 9.01. The highest BCUT2D eigenvalue weighted by Crippen LogP contribution is 2.60. The molecule has 16 heavy (non-hydrogen) atoms. The van der Waals surface area contributed by atoms with Gasteiger partial charge >= 0.3 is 0 Å². The molecule has 1 aromatic rings. The molecule has 2 aliphatic rings. The van der Waals surface area contributed by atoms with Gasteiger partial charge in [-0.1, -0.05) is 0 Å². The van der Waals surface area contributed by atoms with Crippen LogP contribution in [0.3, 0.4) is 0 Å². The van der Waals surface area contributed by atoms with Gasteiger partial charge in [0, 0.05) is 37.3 Å². The van der Waals surface area contributed by atoms with Crippen LogP contribution in [-0.4, -0.2) is 35.3 Å². The summed E-state index contributed by atoms with van der Waals surface area (Å²) in [6.45, 7) is 1.89. The second kappa shape index (κ2) is 3.38. The van der Waals surface area contributed by atoms with Crippen LogP contribution in [-0.2, 0) is 0 Å². The predicted octanol–water partition coefficient (Wildman–Crippen LogP) is 0.600. The lowest BCUT2D eigenvalue weighted by atomic mass is 10.1. The molecular formula is C11H15FN4. The van der Waals surface area contributed by atoms with Gasteiger partial charge in [0.25, 0.3) is 0 Å². The summed E-state index contributed by atoms with van der Waals surface area (Å²) < 4.78 is 14.2. The second-order valence-electron chi connectivity index (χ2n) is 4.63. The van der Waals surface area contributed by atoms with Gasteiger partial charge in [-0.15, -0.1) is 0 Å². The first-order chi connectivity index (χ1) is 7.75. The van der Waals surface area contributed by atoms with Crippen LogP contribution in [0.5, 0.6) is 0 Å². The molecule has 1 saturated carbocycles. The summed E-state index contributed by atoms with van der Waals surface area (Å²) in [5, 5.41) is 0. The molecule has 0 aromatic carbocycles. The Labute approximate surface area is 93.7 Å². The van der Waals surface area contributed by atoms with E-state index in [9.17, 15) is 4.39 Å². The van der Waals surface area contributed by atoms with Crippen LogP contribution in [0.25, 0.3) is 0 Å². The number of nitrogens with zero attached hydrogens (tertiary/aromatic N) is 3. The first-order valence-corrected chi connectivity index (χ1v) is 5.66. The first kappa shape index (κ1) is 9.96. The van der Waals surface area contributed by atoms with Gasteiger partial charge < -0.3 is 10.6 Å². The molecule has 2 unspecified atom stereocenters. The average Bonchev–Trinajstić information content (AvgIpc) is 2.68. The minimum Gasteiger partial charge on any atom is -0.340 e. The molecule has 3 rings (SSSR count). The molecule has 1 aliphatic heterocycles. The maximum atomic E-state index is 14.2. The number of alkyl halides is 1. The van der Waals surface area contributed by atoms with Crippen LogP contribution in [0.2, 0.25) is 0 Å². The van der Waals surface area contributed by atoms with Crippen molar-refractivity contribution in [3.8, 4) is 0 Å². The van der Waals surface area contributed by atoms with Crippen LogP contribution in [0.15, 0.2) is 18.5 Å². The Hall–Kier alpha value is -1.23. The van der Waals surface area contributed by atoms with Gasteiger partial charge in [0.2, 0.25) is 5.95 Å². The molecule has 1 aliphatic carbocycles. The molecule has 1 saturated heterocycles. The summed E-state index contributed by atoms with van der Waals surface area (Å²) in [6, 6.07) is 1.79. The van der Waals surface area contributed by atoms with E-state index in [0.717, 1.165) is 13.1 Å². The van der Waals surface area contributed by atoms with Crippen LogP contribution in [0, 0.1) is 11.8 Å². The standard InChI is InChI=1S/C11H15FN4/c12-11(2-3-13)8-6-16(7-9(8)11)10-14-4-1-5-15-10/h1,4-5,8-9H,2-3,6-7,13H2. The molecular weight excluding hydrogens is 207 g/mol. The minimum absolute atomic E-state index is 0.139. The Kier molecular flexibility index (Phi) is 2.10. The molecule has 86 valence electrons. The van der Waals surface area contributed by atoms with Gasteiger partial charge in [-0.25, -0.2) is 14.4 Å². The lowest BCUT2D eigenvalue weighted by Crippen LogP contribution is -2.31. The fourth-order valence-electron chi connectivity index (χ4n) is 2.88. The smallest absolute Gasteiger partial charge is 0.225 e. The molecule has 2 N–H and O–H groups in total. The first-order valence-electron chi connectivity index (χ1n) is 5.66. The summed E-state index contributed by atoms with van der Waals surface area (Å²) >= 11 is 0. The Bertz CT molecular complexity index is 371. The highest BCUT2D eigenvalue weighted by Gasteiger charge is 2.69. The van der Waals surface area contributed by atoms with Gasteiger partial charge in [-0.3, -0.25) is 0 Å². The number of hydrogen-bond donors (Lipinski definition) is 1. The van der Waals surface area contributed by atoms with Crippen molar-refractivity contribution in [2.45, 2.75) is 12.1 Å². The van der Waals surface area contributed by atoms with Gasteiger partial charge in [0.15, 0.2) is 0 Å². The van der Waals surface area contributed by atoms with E-state index < -0.39 is 5.67 Å². The van der Waals surface area contributed by atoms with Crippen molar-refractivity contribution in [2.24, 2.45) is 17.6 Å². The lowest BCUT2D eigenvalue weighted by molar-refractivity contribution is 0.240. The number of piperidine rings is 1. The monoisotopic (exact) mass is 222 g/mol. The van der Waals surface area contributed by atoms with Crippen molar-refractivity contribution in [3.63, 3.8) is 0 Å². The molecule has 2 atom stereocenters. The summed E-state index contributed by atoms with van der Waals surface area (Å²) in [6.07, 6.45) is 3.93. The molecule has 1 aromatic heterocycles. The van der Waals surface area contributed by atoms with Crippen LogP contribution < -0.4 is 10.6 Å². The summed E-state index contributed by atoms with van der Waals surface area (Å²) in [5.41, 5.74) is 4.43. The molecule has 0 spiro atoms. The second-order valence-corrected chi connectivity index (χ2v) is 4.63. The van der Waals surface area contributed by atoms with E-state index >= 15 is 0 Å². The van der Waals surface area contributed by atoms with Crippen molar-refractivity contribution >= 4 is 5.95 Å². The van der Waals surface area contributed by atoms with Crippen molar-refractivity contribution in [2.75, 3.05) is 24.5 Å². The molecule has 0 radical (unpaired) electrons. The van der Waals surface area contributed by atoms with Crippen molar-refractivity contribution in [1.82, 2.24) is 9.97 Å². The highest BCUT2D eigenvalue weighted by atomic mass is 19.1. The quantitative estimate of drug-likeness (QED) is 0.813. The summed E-state index contributed by atoms with van der Waals surface area (Å²) in [4.78, 5) is 10.4. The third kappa shape index (κ3) is 1.31. The number of halogens is 1. The zero-order valence-electron chi connectivity index (χ0n) is 9.01. The van der Waals surface area contributed by atoms with Gasteiger partial charge in [0.1, 0.15) is 5.67 Å². The fourth-order valence-corrected chi connectivity index (χ4v) is 2.88. The lowest BCUT2D eigenvalue weighted by Gasteiger charge is -2.21. The van der Waals surface area contributed by atoms with Crippen LogP contribution in [0.4, 0.5) is 10.3 Å². The van der Waals surface area contributed by atoms with Gasteiger partial charge in [-0.05, 0) is 19.0 Å². The molecule has 0 bridgehead atoms. The summed E-state index contributed by atoms with van der Waals surface area (Å²) in [7, 11) is 0. The molecule has 2 heterocycles. The molecule has 2 fully saturated rings. The Morgan fingerprint density at radius 3 is 2.56 bits per heavy atom. The maximum absolute atomic E-state index is 14.2. The predicted molar refractivity (Wildman–Crippen MR) is 58.7 cm³/mol. The van der Waals surface area contributed by atoms with Gasteiger partial charge in [0.05, 0.1) is 0 Å². The largest absolute Gasteiger partial charge is 0.340 e. The maximum Gasteiger partial charge on any atom is 0.225 e. The third-order valence-corrected chi connectivity index (χ3v) is 3.81. The molecule has 0 amide bonds. The average molecular weight is 222 g/mol. The summed E-state index contributed by atoms with van der Waals surface area (Å²) in [5.74, 6) is 0.990. The van der Waals surface area contributed by atoms with E-state index in [4.69, 9.17) is 5.73 Å². The van der Waals surface area contributed by atoms with Crippen molar-refractivity contribution in [1.29, 1.82) is 0 Å². The number of anilines is 1. The number of hydrogen-bond acceptors (Lipinski definition) is 4. The number of aromatic nitrogens is 2. The Morgan fingerprint density at radius 2 is 2.00 bits per heavy atom. The van der Waals surface area contributed by atoms with E-state index in [1.807, 2.05) is 0 Å². The SMILES string of the molecule is NCCC1(F)C2CN(c3ncccn3)CC21. The van der Waals surface area contributed by atoms with E-state index in [1.54, 1.807) is 18.5 Å². The normalized spacial score (nSPS) is 36.2. The highest BCUT2D eigenvalue weighted by molar-refractivity contribution is 5.37. The fraction of sp³-hybridized carbons (Fsp3) is 0.636.